The SMILES string of the molecule is CC(=O)C1CC=C(C(=O)C2CC=CCC2)C1. The van der Waals surface area contributed by atoms with Gasteiger partial charge in [0.1, 0.15) is 5.78 Å². The Morgan fingerprint density at radius 3 is 2.56 bits per heavy atom. The van der Waals surface area contributed by atoms with E-state index in [9.17, 15) is 9.59 Å². The third-order valence-electron chi connectivity index (χ3n) is 3.65. The van der Waals surface area contributed by atoms with Crippen LogP contribution in [0.2, 0.25) is 0 Å². The van der Waals surface area contributed by atoms with E-state index in [0.29, 0.717) is 6.42 Å². The summed E-state index contributed by atoms with van der Waals surface area (Å²) in [5, 5.41) is 0. The van der Waals surface area contributed by atoms with Crippen molar-refractivity contribution in [2.24, 2.45) is 11.8 Å². The maximum atomic E-state index is 12.2. The van der Waals surface area contributed by atoms with Gasteiger partial charge < -0.3 is 0 Å². The zero-order valence-corrected chi connectivity index (χ0v) is 9.74. The Hall–Kier alpha value is -1.18. The highest BCUT2D eigenvalue weighted by Crippen LogP contribution is 2.31. The maximum Gasteiger partial charge on any atom is 0.161 e. The lowest BCUT2D eigenvalue weighted by molar-refractivity contribution is -0.120. The van der Waals surface area contributed by atoms with E-state index in [1.54, 1.807) is 6.92 Å². The quantitative estimate of drug-likeness (QED) is 0.683. The fourth-order valence-corrected chi connectivity index (χ4v) is 2.52. The van der Waals surface area contributed by atoms with Crippen molar-refractivity contribution in [2.45, 2.75) is 39.0 Å². The van der Waals surface area contributed by atoms with Gasteiger partial charge in [0, 0.05) is 11.8 Å². The molecule has 86 valence electrons. The lowest BCUT2D eigenvalue weighted by Gasteiger charge is -2.17. The standard InChI is InChI=1S/C14H18O2/c1-10(15)12-7-8-13(9-12)14(16)11-5-3-2-4-6-11/h2-3,8,11-12H,4-7,9H2,1H3. The van der Waals surface area contributed by atoms with E-state index in [1.807, 2.05) is 6.08 Å². The molecular weight excluding hydrogens is 200 g/mol. The first-order valence-corrected chi connectivity index (χ1v) is 6.07. The first-order chi connectivity index (χ1) is 7.68. The van der Waals surface area contributed by atoms with Crippen molar-refractivity contribution in [3.8, 4) is 0 Å². The van der Waals surface area contributed by atoms with E-state index >= 15 is 0 Å². The zero-order valence-electron chi connectivity index (χ0n) is 9.74. The summed E-state index contributed by atoms with van der Waals surface area (Å²) >= 11 is 0. The number of hydrogen-bond donors (Lipinski definition) is 0. The van der Waals surface area contributed by atoms with Gasteiger partial charge in [0.15, 0.2) is 5.78 Å². The van der Waals surface area contributed by atoms with Gasteiger partial charge in [0.05, 0.1) is 0 Å². The zero-order chi connectivity index (χ0) is 11.5. The van der Waals surface area contributed by atoms with Gasteiger partial charge in [-0.25, -0.2) is 0 Å². The molecule has 0 heterocycles. The van der Waals surface area contributed by atoms with Crippen LogP contribution in [-0.2, 0) is 9.59 Å². The van der Waals surface area contributed by atoms with E-state index < -0.39 is 0 Å². The number of allylic oxidation sites excluding steroid dienone is 4. The van der Waals surface area contributed by atoms with Crippen molar-refractivity contribution in [1.82, 2.24) is 0 Å². The van der Waals surface area contributed by atoms with Gasteiger partial charge in [-0.3, -0.25) is 9.59 Å². The molecule has 2 unspecified atom stereocenters. The highest BCUT2D eigenvalue weighted by molar-refractivity contribution is 5.99. The molecule has 0 bridgehead atoms. The summed E-state index contributed by atoms with van der Waals surface area (Å²) in [6.07, 6.45) is 10.5. The minimum Gasteiger partial charge on any atom is -0.300 e. The van der Waals surface area contributed by atoms with Crippen LogP contribution < -0.4 is 0 Å². The first-order valence-electron chi connectivity index (χ1n) is 6.07. The van der Waals surface area contributed by atoms with Gasteiger partial charge in [-0.2, -0.15) is 0 Å². The molecule has 0 fully saturated rings. The number of carbonyl (C=O) groups excluding carboxylic acids is 2. The van der Waals surface area contributed by atoms with Gasteiger partial charge in [-0.15, -0.1) is 0 Å². The Kier molecular flexibility index (Phi) is 3.37. The molecule has 0 aromatic rings. The molecule has 16 heavy (non-hydrogen) atoms. The van der Waals surface area contributed by atoms with Crippen molar-refractivity contribution < 1.29 is 9.59 Å². The Balaban J connectivity index is 1.96. The fourth-order valence-electron chi connectivity index (χ4n) is 2.52. The van der Waals surface area contributed by atoms with E-state index in [0.717, 1.165) is 31.3 Å². The molecule has 0 amide bonds. The summed E-state index contributed by atoms with van der Waals surface area (Å²) < 4.78 is 0. The predicted molar refractivity (Wildman–Crippen MR) is 63.0 cm³/mol. The van der Waals surface area contributed by atoms with Crippen LogP contribution in [0.15, 0.2) is 23.8 Å². The van der Waals surface area contributed by atoms with Gasteiger partial charge >= 0.3 is 0 Å². The second-order valence-electron chi connectivity index (χ2n) is 4.82. The molecule has 0 aromatic carbocycles. The summed E-state index contributed by atoms with van der Waals surface area (Å²) in [6, 6.07) is 0. The molecule has 0 saturated heterocycles. The van der Waals surface area contributed by atoms with Crippen LogP contribution in [0.3, 0.4) is 0 Å². The summed E-state index contributed by atoms with van der Waals surface area (Å²) in [5.74, 6) is 0.732. The van der Waals surface area contributed by atoms with Gasteiger partial charge in [-0.1, -0.05) is 18.2 Å². The molecule has 0 aromatic heterocycles. The van der Waals surface area contributed by atoms with Crippen molar-refractivity contribution in [3.05, 3.63) is 23.8 Å². The van der Waals surface area contributed by atoms with Gasteiger partial charge in [0.25, 0.3) is 0 Å². The minimum absolute atomic E-state index is 0.0677. The Bertz CT molecular complexity index is 363. The third kappa shape index (κ3) is 2.31. The molecule has 0 N–H and O–H groups in total. The Morgan fingerprint density at radius 2 is 2.00 bits per heavy atom. The second-order valence-corrected chi connectivity index (χ2v) is 4.82. The molecule has 2 nitrogen and oxygen atoms in total. The topological polar surface area (TPSA) is 34.1 Å². The maximum absolute atomic E-state index is 12.2. The molecule has 0 aliphatic heterocycles. The van der Waals surface area contributed by atoms with E-state index in [-0.39, 0.29) is 23.4 Å². The Morgan fingerprint density at radius 1 is 1.19 bits per heavy atom. The Labute approximate surface area is 96.4 Å². The fraction of sp³-hybridized carbons (Fsp3) is 0.571. The average molecular weight is 218 g/mol. The van der Waals surface area contributed by atoms with Crippen molar-refractivity contribution in [2.75, 3.05) is 0 Å². The van der Waals surface area contributed by atoms with Crippen LogP contribution in [-0.4, -0.2) is 11.6 Å². The van der Waals surface area contributed by atoms with E-state index in [4.69, 9.17) is 0 Å². The van der Waals surface area contributed by atoms with Crippen LogP contribution in [0, 0.1) is 11.8 Å². The molecule has 0 spiro atoms. The van der Waals surface area contributed by atoms with Crippen LogP contribution in [0.1, 0.15) is 39.0 Å². The lowest BCUT2D eigenvalue weighted by atomic mass is 9.86. The minimum atomic E-state index is 0.0677. The van der Waals surface area contributed by atoms with Crippen LogP contribution in [0.25, 0.3) is 0 Å². The average Bonchev–Trinajstić information content (AvgIpc) is 2.78. The normalized spacial score (nSPS) is 28.9. The molecule has 2 atom stereocenters. The van der Waals surface area contributed by atoms with Crippen LogP contribution in [0.4, 0.5) is 0 Å². The number of rotatable bonds is 3. The molecule has 2 aliphatic rings. The van der Waals surface area contributed by atoms with E-state index in [1.165, 1.54) is 0 Å². The summed E-state index contributed by atoms with van der Waals surface area (Å²) in [4.78, 5) is 23.4. The highest BCUT2D eigenvalue weighted by atomic mass is 16.1. The van der Waals surface area contributed by atoms with E-state index in [2.05, 4.69) is 12.2 Å². The van der Waals surface area contributed by atoms with Crippen molar-refractivity contribution in [3.63, 3.8) is 0 Å². The smallest absolute Gasteiger partial charge is 0.161 e. The molecule has 2 rings (SSSR count). The first kappa shape index (κ1) is 11.3. The summed E-state index contributed by atoms with van der Waals surface area (Å²) in [6.45, 7) is 1.62. The van der Waals surface area contributed by atoms with Crippen LogP contribution >= 0.6 is 0 Å². The number of Topliss-reactive ketones (excluding diaryl/α,β-unsaturated/α-hetero) is 2. The number of ketones is 2. The molecule has 2 heteroatoms. The van der Waals surface area contributed by atoms with Crippen molar-refractivity contribution in [1.29, 1.82) is 0 Å². The van der Waals surface area contributed by atoms with Gasteiger partial charge in [0.2, 0.25) is 0 Å². The molecule has 0 saturated carbocycles. The number of carbonyl (C=O) groups is 2. The largest absolute Gasteiger partial charge is 0.300 e. The molecule has 0 radical (unpaired) electrons. The third-order valence-corrected chi connectivity index (χ3v) is 3.65. The van der Waals surface area contributed by atoms with Crippen LogP contribution in [0.5, 0.6) is 0 Å². The molecular formula is C14H18O2. The second kappa shape index (κ2) is 4.77. The monoisotopic (exact) mass is 218 g/mol. The highest BCUT2D eigenvalue weighted by Gasteiger charge is 2.28. The molecule has 2 aliphatic carbocycles. The summed E-state index contributed by atoms with van der Waals surface area (Å²) in [7, 11) is 0. The van der Waals surface area contributed by atoms with Crippen molar-refractivity contribution >= 4 is 11.6 Å². The number of hydrogen-bond acceptors (Lipinski definition) is 2. The summed E-state index contributed by atoms with van der Waals surface area (Å²) in [5.41, 5.74) is 0.903. The predicted octanol–water partition coefficient (Wildman–Crippen LogP) is 2.84. The van der Waals surface area contributed by atoms with Gasteiger partial charge in [-0.05, 0) is 44.6 Å². The lowest BCUT2D eigenvalue weighted by Crippen LogP contribution is -2.18.